The first-order chi connectivity index (χ1) is 8.60. The van der Waals surface area contributed by atoms with Gasteiger partial charge >= 0.3 is 11.9 Å². The molecule has 4 heteroatoms. The molecule has 0 aliphatic carbocycles. The summed E-state index contributed by atoms with van der Waals surface area (Å²) in [5.74, 6) is -1.75. The van der Waals surface area contributed by atoms with Gasteiger partial charge in [-0.15, -0.1) is 0 Å². The Labute approximate surface area is 106 Å². The number of benzene rings is 1. The summed E-state index contributed by atoms with van der Waals surface area (Å²) in [4.78, 5) is 22.9. The minimum atomic E-state index is -0.771. The third kappa shape index (κ3) is 3.31. The monoisotopic (exact) mass is 246 g/mol. The molecule has 0 bridgehead atoms. The van der Waals surface area contributed by atoms with E-state index in [1.807, 2.05) is 6.92 Å². The minimum absolute atomic E-state index is 0.335. The van der Waals surface area contributed by atoms with Gasteiger partial charge in [-0.1, -0.05) is 30.4 Å². The zero-order valence-corrected chi connectivity index (χ0v) is 10.3. The predicted octanol–water partition coefficient (Wildman–Crippen LogP) is 2.56. The van der Waals surface area contributed by atoms with Crippen LogP contribution in [0.3, 0.4) is 0 Å². The number of carbonyl (C=O) groups is 2. The quantitative estimate of drug-likeness (QED) is 0.465. The first-order valence-corrected chi connectivity index (χ1v) is 5.31. The van der Waals surface area contributed by atoms with Crippen molar-refractivity contribution in [1.29, 1.82) is 0 Å². The highest BCUT2D eigenvalue weighted by molar-refractivity contribution is 5.97. The van der Waals surface area contributed by atoms with Crippen molar-refractivity contribution < 1.29 is 19.1 Å². The van der Waals surface area contributed by atoms with Gasteiger partial charge in [0.2, 0.25) is 5.76 Å². The van der Waals surface area contributed by atoms with Crippen LogP contribution in [0.1, 0.15) is 22.8 Å². The summed E-state index contributed by atoms with van der Waals surface area (Å²) in [6, 6.07) is 6.91. The average Bonchev–Trinajstić information content (AvgIpc) is 2.38. The van der Waals surface area contributed by atoms with Crippen molar-refractivity contribution in [3.8, 4) is 0 Å². The maximum Gasteiger partial charge on any atom is 0.373 e. The summed E-state index contributed by atoms with van der Waals surface area (Å²) in [5, 5.41) is 0. The second kappa shape index (κ2) is 6.39. The van der Waals surface area contributed by atoms with Crippen LogP contribution in [-0.4, -0.2) is 19.0 Å². The van der Waals surface area contributed by atoms with Crippen molar-refractivity contribution in [2.75, 3.05) is 7.11 Å². The molecule has 0 aliphatic rings. The average molecular weight is 246 g/mol. The smallest absolute Gasteiger partial charge is 0.373 e. The van der Waals surface area contributed by atoms with Gasteiger partial charge in [0.05, 0.1) is 12.7 Å². The fraction of sp³-hybridized carbons (Fsp3) is 0.143. The Balaban J connectivity index is 2.91. The third-order valence-corrected chi connectivity index (χ3v) is 2.16. The summed E-state index contributed by atoms with van der Waals surface area (Å²) in [6.07, 6.45) is 3.58. The minimum Gasteiger partial charge on any atom is -0.463 e. The highest BCUT2D eigenvalue weighted by Gasteiger charge is 2.16. The molecule has 0 saturated carbocycles. The largest absolute Gasteiger partial charge is 0.463 e. The van der Waals surface area contributed by atoms with Crippen LogP contribution >= 0.6 is 0 Å². The maximum absolute atomic E-state index is 11.8. The second-order valence-electron chi connectivity index (χ2n) is 3.39. The molecular weight excluding hydrogens is 232 g/mol. The van der Waals surface area contributed by atoms with Crippen molar-refractivity contribution >= 4 is 18.0 Å². The van der Waals surface area contributed by atoms with Crippen LogP contribution in [-0.2, 0) is 14.3 Å². The van der Waals surface area contributed by atoms with Crippen LogP contribution < -0.4 is 0 Å². The number of hydrogen-bond donors (Lipinski definition) is 0. The van der Waals surface area contributed by atoms with E-state index in [2.05, 4.69) is 11.3 Å². The molecule has 0 radical (unpaired) electrons. The number of hydrogen-bond acceptors (Lipinski definition) is 4. The van der Waals surface area contributed by atoms with E-state index >= 15 is 0 Å². The number of allylic oxidation sites excluding steroid dienone is 1. The fourth-order valence-electron chi connectivity index (χ4n) is 1.33. The lowest BCUT2D eigenvalue weighted by Crippen LogP contribution is -2.13. The van der Waals surface area contributed by atoms with Crippen LogP contribution in [0.15, 0.2) is 42.7 Å². The van der Waals surface area contributed by atoms with Gasteiger partial charge in [0, 0.05) is 0 Å². The lowest BCUT2D eigenvalue weighted by Gasteiger charge is -2.07. The Morgan fingerprint density at radius 2 is 1.94 bits per heavy atom. The van der Waals surface area contributed by atoms with E-state index in [1.54, 1.807) is 36.4 Å². The van der Waals surface area contributed by atoms with Crippen molar-refractivity contribution in [2.24, 2.45) is 0 Å². The summed E-state index contributed by atoms with van der Waals surface area (Å²) in [5.41, 5.74) is 1.07. The van der Waals surface area contributed by atoms with Crippen LogP contribution in [0, 0.1) is 0 Å². The van der Waals surface area contributed by atoms with Crippen molar-refractivity contribution in [1.82, 2.24) is 0 Å². The van der Waals surface area contributed by atoms with Crippen LogP contribution in [0.2, 0.25) is 0 Å². The van der Waals surface area contributed by atoms with E-state index < -0.39 is 11.9 Å². The molecule has 0 aromatic heterocycles. The molecule has 0 heterocycles. The number of methoxy groups -OCH3 is 1. The first kappa shape index (κ1) is 13.7. The molecule has 1 aromatic carbocycles. The zero-order valence-electron chi connectivity index (χ0n) is 10.3. The Morgan fingerprint density at radius 3 is 2.56 bits per heavy atom. The molecule has 0 unspecified atom stereocenters. The molecule has 1 rings (SSSR count). The van der Waals surface area contributed by atoms with E-state index in [0.29, 0.717) is 11.1 Å². The fourth-order valence-corrected chi connectivity index (χ4v) is 1.33. The van der Waals surface area contributed by atoms with E-state index in [4.69, 9.17) is 4.74 Å². The van der Waals surface area contributed by atoms with Crippen molar-refractivity contribution in [3.05, 3.63) is 53.8 Å². The standard InChI is InChI=1S/C14H14O4/c1-4-7-11-8-5-6-9-12(11)14(16)18-10(2)13(15)17-3/h4-9H,2H2,1,3H3/b7-4+. The van der Waals surface area contributed by atoms with Gasteiger partial charge < -0.3 is 9.47 Å². The Morgan fingerprint density at radius 1 is 1.28 bits per heavy atom. The summed E-state index contributed by atoms with van der Waals surface area (Å²) in [6.45, 7) is 5.17. The lowest BCUT2D eigenvalue weighted by atomic mass is 10.1. The summed E-state index contributed by atoms with van der Waals surface area (Å²) in [7, 11) is 1.19. The molecule has 94 valence electrons. The molecule has 4 nitrogen and oxygen atoms in total. The highest BCUT2D eigenvalue weighted by atomic mass is 16.6. The number of ether oxygens (including phenoxy) is 2. The van der Waals surface area contributed by atoms with Gasteiger partial charge in [0.25, 0.3) is 0 Å². The van der Waals surface area contributed by atoms with Crippen molar-refractivity contribution in [3.63, 3.8) is 0 Å². The SMILES string of the molecule is C=C(OC(=O)c1ccccc1/C=C/C)C(=O)OC. The van der Waals surface area contributed by atoms with Crippen LogP contribution in [0.25, 0.3) is 6.08 Å². The Hall–Kier alpha value is -2.36. The van der Waals surface area contributed by atoms with E-state index in [1.165, 1.54) is 7.11 Å². The molecule has 0 spiro atoms. The summed E-state index contributed by atoms with van der Waals surface area (Å²) >= 11 is 0. The molecule has 0 aliphatic heterocycles. The first-order valence-electron chi connectivity index (χ1n) is 5.31. The topological polar surface area (TPSA) is 52.6 Å². The van der Waals surface area contributed by atoms with Gasteiger partial charge in [0.15, 0.2) is 0 Å². The third-order valence-electron chi connectivity index (χ3n) is 2.16. The Kier molecular flexibility index (Phi) is 4.87. The molecule has 0 saturated heterocycles. The maximum atomic E-state index is 11.8. The van der Waals surface area contributed by atoms with Gasteiger partial charge in [0.1, 0.15) is 0 Å². The normalized spacial score (nSPS) is 10.1. The molecular formula is C14H14O4. The summed E-state index contributed by atoms with van der Waals surface area (Å²) < 4.78 is 9.23. The van der Waals surface area contributed by atoms with E-state index in [9.17, 15) is 9.59 Å². The van der Waals surface area contributed by atoms with Gasteiger partial charge in [-0.3, -0.25) is 0 Å². The van der Waals surface area contributed by atoms with Crippen molar-refractivity contribution in [2.45, 2.75) is 6.92 Å². The predicted molar refractivity (Wildman–Crippen MR) is 67.7 cm³/mol. The number of rotatable bonds is 4. The molecule has 0 fully saturated rings. The van der Waals surface area contributed by atoms with Crippen LogP contribution in [0.5, 0.6) is 0 Å². The Bertz CT molecular complexity index is 500. The van der Waals surface area contributed by atoms with Gasteiger partial charge in [-0.05, 0) is 25.1 Å². The van der Waals surface area contributed by atoms with Crippen LogP contribution in [0.4, 0.5) is 0 Å². The molecule has 1 aromatic rings. The molecule has 0 amide bonds. The van der Waals surface area contributed by atoms with E-state index in [-0.39, 0.29) is 5.76 Å². The lowest BCUT2D eigenvalue weighted by molar-refractivity contribution is -0.139. The molecule has 0 atom stereocenters. The molecule has 0 N–H and O–H groups in total. The zero-order chi connectivity index (χ0) is 13.5. The van der Waals surface area contributed by atoms with E-state index in [0.717, 1.165) is 0 Å². The number of carbonyl (C=O) groups excluding carboxylic acids is 2. The number of esters is 2. The molecule has 18 heavy (non-hydrogen) atoms. The highest BCUT2D eigenvalue weighted by Crippen LogP contribution is 2.14. The van der Waals surface area contributed by atoms with Gasteiger partial charge in [-0.2, -0.15) is 0 Å². The second-order valence-corrected chi connectivity index (χ2v) is 3.39. The van der Waals surface area contributed by atoms with Gasteiger partial charge in [-0.25, -0.2) is 9.59 Å².